The maximum Gasteiger partial charge on any atom is 0.316 e. The first-order chi connectivity index (χ1) is 21.3. The zero-order valence-electron chi connectivity index (χ0n) is 24.4. The molecule has 7 heteroatoms. The molecule has 2 bridgehead atoms. The minimum Gasteiger partial charge on any atom is -0.426 e. The van der Waals surface area contributed by atoms with Gasteiger partial charge in [0, 0.05) is 36.6 Å². The summed E-state index contributed by atoms with van der Waals surface area (Å²) >= 11 is 0. The highest BCUT2D eigenvalue weighted by atomic mass is 16.5. The van der Waals surface area contributed by atoms with Crippen LogP contribution in [0.3, 0.4) is 0 Å². The van der Waals surface area contributed by atoms with Crippen molar-refractivity contribution in [1.29, 1.82) is 0 Å². The maximum atomic E-state index is 14.1. The minimum atomic E-state index is -0.627. The van der Waals surface area contributed by atoms with E-state index in [2.05, 4.69) is 24.3 Å². The number of carbonyl (C=O) groups excluding carboxylic acids is 4. The minimum absolute atomic E-state index is 0.0574. The number of amides is 3. The lowest BCUT2D eigenvalue weighted by Crippen LogP contribution is -2.41. The molecule has 0 aromatic heterocycles. The Morgan fingerprint density at radius 1 is 0.682 bits per heavy atom. The van der Waals surface area contributed by atoms with Crippen LogP contribution < -0.4 is 14.5 Å². The van der Waals surface area contributed by atoms with Gasteiger partial charge in [-0.1, -0.05) is 60.7 Å². The van der Waals surface area contributed by atoms with Gasteiger partial charge >= 0.3 is 5.97 Å². The Balaban J connectivity index is 1.06. The highest BCUT2D eigenvalue weighted by molar-refractivity contribution is 6.23. The number of esters is 1. The maximum absolute atomic E-state index is 14.1. The van der Waals surface area contributed by atoms with Crippen LogP contribution in [0.15, 0.2) is 91.0 Å². The van der Waals surface area contributed by atoms with Crippen molar-refractivity contribution in [2.75, 3.05) is 16.3 Å². The van der Waals surface area contributed by atoms with E-state index in [0.717, 1.165) is 39.1 Å². The number of nitrogens with zero attached hydrogens (tertiary/aromatic N) is 2. The molecule has 2 aliphatic heterocycles. The van der Waals surface area contributed by atoms with Gasteiger partial charge in [-0.25, -0.2) is 4.90 Å². The summed E-state index contributed by atoms with van der Waals surface area (Å²) in [5.41, 5.74) is 7.70. The molecule has 4 aromatic rings. The molecule has 3 aliphatic carbocycles. The van der Waals surface area contributed by atoms with Crippen LogP contribution in [0.25, 0.3) is 0 Å². The van der Waals surface area contributed by atoms with Crippen molar-refractivity contribution in [2.24, 2.45) is 17.8 Å². The number of anilines is 2. The van der Waals surface area contributed by atoms with Gasteiger partial charge in [0.15, 0.2) is 0 Å². The molecule has 2 saturated heterocycles. The molecule has 9 rings (SSSR count). The normalized spacial score (nSPS) is 24.8. The summed E-state index contributed by atoms with van der Waals surface area (Å²) in [6.45, 7) is 4.18. The molecule has 5 aliphatic rings. The predicted octanol–water partition coefficient (Wildman–Crippen LogP) is 5.66. The Morgan fingerprint density at radius 3 is 1.77 bits per heavy atom. The molecule has 7 nitrogen and oxygen atoms in total. The van der Waals surface area contributed by atoms with Crippen molar-refractivity contribution >= 4 is 35.1 Å². The third-order valence-electron chi connectivity index (χ3n) is 9.72. The average Bonchev–Trinajstić information content (AvgIpc) is 3.54. The Hall–Kier alpha value is -5.04. The Morgan fingerprint density at radius 2 is 1.23 bits per heavy atom. The molecule has 218 valence electrons. The highest BCUT2D eigenvalue weighted by Crippen LogP contribution is 2.61. The summed E-state index contributed by atoms with van der Waals surface area (Å²) in [5.74, 6) is -2.88. The molecule has 4 aromatic carbocycles. The summed E-state index contributed by atoms with van der Waals surface area (Å²) < 4.78 is 5.76. The van der Waals surface area contributed by atoms with Crippen LogP contribution in [0.1, 0.15) is 51.6 Å². The highest BCUT2D eigenvalue weighted by Gasteiger charge is 2.61. The summed E-state index contributed by atoms with van der Waals surface area (Å²) in [4.78, 5) is 57.2. The van der Waals surface area contributed by atoms with E-state index in [4.69, 9.17) is 4.74 Å². The molecule has 0 radical (unpaired) electrons. The van der Waals surface area contributed by atoms with Crippen LogP contribution in [0.5, 0.6) is 5.75 Å². The molecular weight excluding hydrogens is 552 g/mol. The van der Waals surface area contributed by atoms with Gasteiger partial charge < -0.3 is 9.64 Å². The van der Waals surface area contributed by atoms with E-state index in [9.17, 15) is 19.2 Å². The molecule has 2 heterocycles. The molecular formula is C37H30N2O5. The second-order valence-electron chi connectivity index (χ2n) is 12.4. The number of hydrogen-bond acceptors (Lipinski definition) is 5. The van der Waals surface area contributed by atoms with Crippen LogP contribution in [0, 0.1) is 31.6 Å². The van der Waals surface area contributed by atoms with Crippen LogP contribution in [-0.2, 0) is 19.2 Å². The van der Waals surface area contributed by atoms with Gasteiger partial charge in [-0.05, 0) is 71.5 Å². The van der Waals surface area contributed by atoms with Crippen LogP contribution in [0.4, 0.5) is 11.4 Å². The molecule has 0 unspecified atom stereocenters. The number of aryl methyl sites for hydroxylation is 2. The van der Waals surface area contributed by atoms with Gasteiger partial charge in [-0.2, -0.15) is 0 Å². The van der Waals surface area contributed by atoms with Crippen molar-refractivity contribution in [2.45, 2.75) is 32.1 Å². The molecule has 0 saturated carbocycles. The van der Waals surface area contributed by atoms with Crippen LogP contribution in [0.2, 0.25) is 0 Å². The van der Waals surface area contributed by atoms with E-state index in [-0.39, 0.29) is 48.3 Å². The van der Waals surface area contributed by atoms with Crippen molar-refractivity contribution in [1.82, 2.24) is 0 Å². The fourth-order valence-corrected chi connectivity index (χ4v) is 8.04. The first-order valence-corrected chi connectivity index (χ1v) is 15.1. The standard InChI is InChI=1S/C37H30N2O5/c1-20-14-21(2)16-24(15-20)38-19-22(17-30(38)40)37(43)44-25-9-7-8-23(18-25)39-35(41)33-31-26-10-3-4-11-27(26)32(34(33)36(39)42)29-13-6-5-12-28(29)31/h3-16,18,22,31-34H,17,19H2,1-2H3/t22-,31?,32?,33-,34+/m1/s1. The fourth-order valence-electron chi connectivity index (χ4n) is 8.04. The zero-order valence-corrected chi connectivity index (χ0v) is 24.4. The summed E-state index contributed by atoms with van der Waals surface area (Å²) in [5, 5.41) is 0. The van der Waals surface area contributed by atoms with Crippen molar-refractivity contribution in [3.63, 3.8) is 0 Å². The van der Waals surface area contributed by atoms with Crippen molar-refractivity contribution in [3.05, 3.63) is 124 Å². The third kappa shape index (κ3) is 3.88. The number of imide groups is 1. The molecule has 3 atom stereocenters. The topological polar surface area (TPSA) is 84.0 Å². The first kappa shape index (κ1) is 26.6. The van der Waals surface area contributed by atoms with Gasteiger partial charge in [0.25, 0.3) is 0 Å². The Labute approximate surface area is 255 Å². The monoisotopic (exact) mass is 582 g/mol. The van der Waals surface area contributed by atoms with E-state index >= 15 is 0 Å². The van der Waals surface area contributed by atoms with Gasteiger partial charge in [0.1, 0.15) is 5.75 Å². The SMILES string of the molecule is Cc1cc(C)cc(N2C[C@H](C(=O)Oc3cccc(N4C(=O)[C@@H]5C6c7ccccc7C(c7ccccc76)[C@@H]5C4=O)c3)CC2=O)c1. The van der Waals surface area contributed by atoms with Gasteiger partial charge in [-0.15, -0.1) is 0 Å². The lowest BCUT2D eigenvalue weighted by Gasteiger charge is -2.45. The zero-order chi connectivity index (χ0) is 30.3. The molecule has 3 amide bonds. The molecule has 0 spiro atoms. The number of rotatable bonds is 4. The first-order valence-electron chi connectivity index (χ1n) is 15.1. The second-order valence-corrected chi connectivity index (χ2v) is 12.4. The number of hydrogen-bond donors (Lipinski definition) is 0. The fraction of sp³-hybridized carbons (Fsp3) is 0.243. The van der Waals surface area contributed by atoms with E-state index in [0.29, 0.717) is 5.69 Å². The van der Waals surface area contributed by atoms with Gasteiger partial charge in [0.05, 0.1) is 23.4 Å². The largest absolute Gasteiger partial charge is 0.426 e. The Kier molecular flexibility index (Phi) is 5.88. The summed E-state index contributed by atoms with van der Waals surface area (Å²) in [7, 11) is 0. The van der Waals surface area contributed by atoms with E-state index in [1.807, 2.05) is 56.3 Å². The average molecular weight is 583 g/mol. The number of carbonyl (C=O) groups is 4. The Bertz CT molecular complexity index is 1780. The summed E-state index contributed by atoms with van der Waals surface area (Å²) in [6.07, 6.45) is 0.0574. The second kappa shape index (κ2) is 9.74. The van der Waals surface area contributed by atoms with Gasteiger partial charge in [0.2, 0.25) is 17.7 Å². The smallest absolute Gasteiger partial charge is 0.316 e. The quantitative estimate of drug-likeness (QED) is 0.176. The van der Waals surface area contributed by atoms with E-state index < -0.39 is 23.7 Å². The van der Waals surface area contributed by atoms with E-state index in [1.54, 1.807) is 29.2 Å². The molecule has 2 fully saturated rings. The lowest BCUT2D eigenvalue weighted by atomic mass is 9.55. The molecule has 44 heavy (non-hydrogen) atoms. The van der Waals surface area contributed by atoms with Crippen molar-refractivity contribution in [3.8, 4) is 5.75 Å². The molecule has 0 N–H and O–H groups in total. The van der Waals surface area contributed by atoms with E-state index in [1.165, 1.54) is 4.90 Å². The lowest BCUT2D eigenvalue weighted by molar-refractivity contribution is -0.139. The van der Waals surface area contributed by atoms with Crippen molar-refractivity contribution < 1.29 is 23.9 Å². The third-order valence-corrected chi connectivity index (χ3v) is 9.72. The predicted molar refractivity (Wildman–Crippen MR) is 164 cm³/mol. The van der Waals surface area contributed by atoms with Gasteiger partial charge in [-0.3, -0.25) is 19.2 Å². The number of benzene rings is 4. The number of ether oxygens (including phenoxy) is 1. The van der Waals surface area contributed by atoms with Crippen LogP contribution >= 0.6 is 0 Å². The van der Waals surface area contributed by atoms with Crippen LogP contribution in [-0.4, -0.2) is 30.2 Å². The summed E-state index contributed by atoms with van der Waals surface area (Å²) in [6, 6.07) is 28.8.